The Labute approximate surface area is 154 Å². The van der Waals surface area contributed by atoms with Crippen LogP contribution in [0.25, 0.3) is 0 Å². The first-order valence-corrected chi connectivity index (χ1v) is 9.25. The lowest BCUT2D eigenvalue weighted by Gasteiger charge is -2.33. The van der Waals surface area contributed by atoms with Crippen molar-refractivity contribution in [1.29, 1.82) is 0 Å². The molecule has 25 heavy (non-hydrogen) atoms. The highest BCUT2D eigenvalue weighted by Crippen LogP contribution is 2.21. The maximum atomic E-state index is 12.2. The van der Waals surface area contributed by atoms with E-state index in [1.807, 2.05) is 18.2 Å². The molecule has 1 atom stereocenters. The van der Waals surface area contributed by atoms with Gasteiger partial charge in [-0.2, -0.15) is 0 Å². The van der Waals surface area contributed by atoms with Gasteiger partial charge in [0.25, 0.3) is 0 Å². The predicted octanol–water partition coefficient (Wildman–Crippen LogP) is 5.07. The Morgan fingerprint density at radius 1 is 1.16 bits per heavy atom. The van der Waals surface area contributed by atoms with Crippen LogP contribution in [0, 0.1) is 0 Å². The summed E-state index contributed by atoms with van der Waals surface area (Å²) in [5, 5.41) is 0.536. The van der Waals surface area contributed by atoms with E-state index in [2.05, 4.69) is 17.9 Å². The standard InChI is InChI=1S/C21H24ClNO2/c1-16-7-4-5-12-23(16)14-18-8-2-3-9-19(18)15-25-21(24)17-10-6-11-20(22)13-17/h2-3,6,8-11,13,16H,4-5,7,12,14-15H2,1H3. The highest BCUT2D eigenvalue weighted by molar-refractivity contribution is 6.30. The highest BCUT2D eigenvalue weighted by Gasteiger charge is 2.19. The third kappa shape index (κ3) is 4.83. The van der Waals surface area contributed by atoms with Crippen LogP contribution in [0.1, 0.15) is 47.7 Å². The number of carbonyl (C=O) groups excluding carboxylic acids is 1. The maximum absolute atomic E-state index is 12.2. The summed E-state index contributed by atoms with van der Waals surface area (Å²) >= 11 is 5.94. The van der Waals surface area contributed by atoms with E-state index in [1.54, 1.807) is 24.3 Å². The van der Waals surface area contributed by atoms with Crippen molar-refractivity contribution in [3.8, 4) is 0 Å². The van der Waals surface area contributed by atoms with Crippen LogP contribution in [0.2, 0.25) is 5.02 Å². The molecule has 0 saturated carbocycles. The molecule has 0 N–H and O–H groups in total. The Balaban J connectivity index is 1.65. The van der Waals surface area contributed by atoms with Crippen molar-refractivity contribution in [2.75, 3.05) is 6.54 Å². The number of carbonyl (C=O) groups is 1. The van der Waals surface area contributed by atoms with Gasteiger partial charge in [0.2, 0.25) is 0 Å². The van der Waals surface area contributed by atoms with E-state index in [0.29, 0.717) is 16.6 Å². The van der Waals surface area contributed by atoms with E-state index in [4.69, 9.17) is 16.3 Å². The number of esters is 1. The number of piperidine rings is 1. The molecule has 2 aromatic rings. The number of halogens is 1. The van der Waals surface area contributed by atoms with Crippen LogP contribution in [0.3, 0.4) is 0 Å². The third-order valence-corrected chi connectivity index (χ3v) is 5.09. The number of hydrogen-bond acceptors (Lipinski definition) is 3. The number of benzene rings is 2. The van der Waals surface area contributed by atoms with Crippen LogP contribution in [0.5, 0.6) is 0 Å². The molecule has 1 heterocycles. The van der Waals surface area contributed by atoms with Crippen LogP contribution < -0.4 is 0 Å². The first kappa shape index (κ1) is 18.0. The Kier molecular flexibility index (Phi) is 6.11. The first-order valence-electron chi connectivity index (χ1n) is 8.87. The summed E-state index contributed by atoms with van der Waals surface area (Å²) < 4.78 is 5.51. The van der Waals surface area contributed by atoms with E-state index >= 15 is 0 Å². The summed E-state index contributed by atoms with van der Waals surface area (Å²) in [5.74, 6) is -0.344. The second-order valence-corrected chi connectivity index (χ2v) is 7.11. The number of rotatable bonds is 5. The fourth-order valence-electron chi connectivity index (χ4n) is 3.31. The van der Waals surface area contributed by atoms with Crippen molar-refractivity contribution in [2.24, 2.45) is 0 Å². The third-order valence-electron chi connectivity index (χ3n) is 4.85. The second-order valence-electron chi connectivity index (χ2n) is 6.67. The van der Waals surface area contributed by atoms with Gasteiger partial charge < -0.3 is 4.74 Å². The van der Waals surface area contributed by atoms with Crippen molar-refractivity contribution in [1.82, 2.24) is 4.90 Å². The largest absolute Gasteiger partial charge is 0.457 e. The lowest BCUT2D eigenvalue weighted by Crippen LogP contribution is -2.37. The van der Waals surface area contributed by atoms with Crippen molar-refractivity contribution in [2.45, 2.75) is 45.4 Å². The van der Waals surface area contributed by atoms with Gasteiger partial charge in [0.05, 0.1) is 5.56 Å². The fourth-order valence-corrected chi connectivity index (χ4v) is 3.50. The van der Waals surface area contributed by atoms with Crippen LogP contribution in [0.15, 0.2) is 48.5 Å². The summed E-state index contributed by atoms with van der Waals surface area (Å²) in [4.78, 5) is 14.7. The zero-order valence-corrected chi connectivity index (χ0v) is 15.3. The number of hydrogen-bond donors (Lipinski definition) is 0. The first-order chi connectivity index (χ1) is 12.1. The predicted molar refractivity (Wildman–Crippen MR) is 101 cm³/mol. The Morgan fingerprint density at radius 2 is 1.96 bits per heavy atom. The molecule has 0 aliphatic carbocycles. The quantitative estimate of drug-likeness (QED) is 0.699. The van der Waals surface area contributed by atoms with Gasteiger partial charge >= 0.3 is 5.97 Å². The van der Waals surface area contributed by atoms with E-state index in [-0.39, 0.29) is 12.6 Å². The Hall–Kier alpha value is -1.84. The summed E-state index contributed by atoms with van der Waals surface area (Å²) in [5.41, 5.74) is 2.78. The molecule has 3 nitrogen and oxygen atoms in total. The molecule has 2 aromatic carbocycles. The molecular weight excluding hydrogens is 334 g/mol. The second kappa shape index (κ2) is 8.50. The molecule has 3 rings (SSSR count). The smallest absolute Gasteiger partial charge is 0.338 e. The van der Waals surface area contributed by atoms with Crippen LogP contribution >= 0.6 is 11.6 Å². The zero-order valence-electron chi connectivity index (χ0n) is 14.6. The van der Waals surface area contributed by atoms with E-state index < -0.39 is 0 Å². The minimum Gasteiger partial charge on any atom is -0.457 e. The Morgan fingerprint density at radius 3 is 2.72 bits per heavy atom. The van der Waals surface area contributed by atoms with Gasteiger partial charge in [0, 0.05) is 17.6 Å². The molecule has 0 bridgehead atoms. The van der Waals surface area contributed by atoms with Gasteiger partial charge in [-0.1, -0.05) is 48.4 Å². The summed E-state index contributed by atoms with van der Waals surface area (Å²) in [6, 6.07) is 15.7. The lowest BCUT2D eigenvalue weighted by atomic mass is 10.0. The number of ether oxygens (including phenoxy) is 1. The van der Waals surface area contributed by atoms with Gasteiger partial charge in [-0.15, -0.1) is 0 Å². The molecule has 1 aliphatic rings. The molecule has 0 spiro atoms. The summed E-state index contributed by atoms with van der Waals surface area (Å²) in [7, 11) is 0. The fraction of sp³-hybridized carbons (Fsp3) is 0.381. The van der Waals surface area contributed by atoms with E-state index in [9.17, 15) is 4.79 Å². The normalized spacial score (nSPS) is 18.1. The van der Waals surface area contributed by atoms with Crippen molar-refractivity contribution in [3.63, 3.8) is 0 Å². The molecule has 0 aromatic heterocycles. The average Bonchev–Trinajstić information content (AvgIpc) is 2.62. The van der Waals surface area contributed by atoms with Crippen LogP contribution in [-0.4, -0.2) is 23.5 Å². The van der Waals surface area contributed by atoms with Crippen LogP contribution in [-0.2, 0) is 17.9 Å². The summed E-state index contributed by atoms with van der Waals surface area (Å²) in [6.45, 7) is 4.62. The molecule has 1 saturated heterocycles. The van der Waals surface area contributed by atoms with Gasteiger partial charge in [0.1, 0.15) is 6.61 Å². The molecule has 0 amide bonds. The topological polar surface area (TPSA) is 29.5 Å². The van der Waals surface area contributed by atoms with Crippen molar-refractivity contribution in [3.05, 3.63) is 70.2 Å². The molecule has 4 heteroatoms. The minimum absolute atomic E-state index is 0.281. The zero-order chi connectivity index (χ0) is 17.6. The van der Waals surface area contributed by atoms with Gasteiger partial charge in [-0.3, -0.25) is 4.90 Å². The van der Waals surface area contributed by atoms with Crippen LogP contribution in [0.4, 0.5) is 0 Å². The van der Waals surface area contributed by atoms with E-state index in [0.717, 1.165) is 18.7 Å². The molecule has 1 unspecified atom stereocenters. The minimum atomic E-state index is -0.344. The molecule has 0 radical (unpaired) electrons. The maximum Gasteiger partial charge on any atom is 0.338 e. The van der Waals surface area contributed by atoms with Crippen molar-refractivity contribution < 1.29 is 9.53 Å². The van der Waals surface area contributed by atoms with E-state index in [1.165, 1.54) is 24.8 Å². The average molecular weight is 358 g/mol. The Bertz CT molecular complexity index is 731. The molecule has 1 aliphatic heterocycles. The van der Waals surface area contributed by atoms with Gasteiger partial charge in [-0.05, 0) is 55.6 Å². The highest BCUT2D eigenvalue weighted by atomic mass is 35.5. The molecular formula is C21H24ClNO2. The SMILES string of the molecule is CC1CCCCN1Cc1ccccc1COC(=O)c1cccc(Cl)c1. The lowest BCUT2D eigenvalue weighted by molar-refractivity contribution is 0.0470. The van der Waals surface area contributed by atoms with Crippen molar-refractivity contribution >= 4 is 17.6 Å². The molecule has 132 valence electrons. The monoisotopic (exact) mass is 357 g/mol. The number of nitrogens with zero attached hydrogens (tertiary/aromatic N) is 1. The molecule has 1 fully saturated rings. The number of likely N-dealkylation sites (tertiary alicyclic amines) is 1. The summed E-state index contributed by atoms with van der Waals surface area (Å²) in [6.07, 6.45) is 3.83. The van der Waals surface area contributed by atoms with Gasteiger partial charge in [-0.25, -0.2) is 4.79 Å². The van der Waals surface area contributed by atoms with Gasteiger partial charge in [0.15, 0.2) is 0 Å².